The van der Waals surface area contributed by atoms with Gasteiger partial charge >= 0.3 is 0 Å². The highest BCUT2D eigenvalue weighted by molar-refractivity contribution is 5.76. The molecule has 2 aliphatic rings. The lowest BCUT2D eigenvalue weighted by Gasteiger charge is -2.46. The molecule has 0 bridgehead atoms. The standard InChI is InChI=1S/C47H83NO13/c1-3-5-7-9-11-12-13-14-15-16-17-18-19-20-21-22-23-24-25-27-29-31-39(52)48-35(36(51)30-28-26-10-8-6-4-2)34-58-46-44(57)42(55)45(38(33-50)60-46)61-47-43(56)41(54)40(53)37(32-49)59-47/h13-14,16-17,19-20,28,30,35-38,40-47,49-51,53-57H,3-12,15,18,21-27,29,31-34H2,1-2H3,(H,48,52)/b14-13-,17-16-,20-19-,30-28+. The molecular formula is C47H83NO13. The number of nitrogens with one attached hydrogen (secondary N) is 1. The third-order valence-electron chi connectivity index (χ3n) is 11.3. The molecular weight excluding hydrogens is 787 g/mol. The van der Waals surface area contributed by atoms with Crippen LogP contribution in [0.25, 0.3) is 0 Å². The molecule has 14 nitrogen and oxygen atoms in total. The summed E-state index contributed by atoms with van der Waals surface area (Å²) in [5.41, 5.74) is 0. The van der Waals surface area contributed by atoms with Gasteiger partial charge < -0.3 is 65.1 Å². The van der Waals surface area contributed by atoms with Crippen LogP contribution in [0.2, 0.25) is 0 Å². The zero-order chi connectivity index (χ0) is 44.7. The number of allylic oxidation sites excluding steroid dienone is 7. The van der Waals surface area contributed by atoms with Gasteiger partial charge in [0.2, 0.25) is 5.91 Å². The average molecular weight is 870 g/mol. The number of carbonyl (C=O) groups is 1. The molecule has 2 saturated heterocycles. The van der Waals surface area contributed by atoms with Crippen LogP contribution in [0.15, 0.2) is 48.6 Å². The minimum atomic E-state index is -1.79. The van der Waals surface area contributed by atoms with E-state index in [0.29, 0.717) is 6.42 Å². The molecule has 1 amide bonds. The number of carbonyl (C=O) groups excluding carboxylic acids is 1. The molecule has 0 spiro atoms. The van der Waals surface area contributed by atoms with E-state index in [1.807, 2.05) is 6.08 Å². The van der Waals surface area contributed by atoms with E-state index in [-0.39, 0.29) is 18.9 Å². The van der Waals surface area contributed by atoms with Crippen molar-refractivity contribution < 1.29 is 64.6 Å². The van der Waals surface area contributed by atoms with Crippen LogP contribution in [0.1, 0.15) is 149 Å². The Bertz CT molecular complexity index is 1210. The molecule has 2 rings (SSSR count). The molecule has 0 aromatic rings. The van der Waals surface area contributed by atoms with Crippen LogP contribution < -0.4 is 5.32 Å². The van der Waals surface area contributed by atoms with Crippen LogP contribution in [-0.4, -0.2) is 140 Å². The van der Waals surface area contributed by atoms with Crippen LogP contribution in [0.3, 0.4) is 0 Å². The number of hydrogen-bond donors (Lipinski definition) is 9. The third-order valence-corrected chi connectivity index (χ3v) is 11.3. The molecule has 14 heteroatoms. The van der Waals surface area contributed by atoms with Crippen molar-refractivity contribution in [2.45, 2.75) is 222 Å². The van der Waals surface area contributed by atoms with Gasteiger partial charge in [0.1, 0.15) is 48.8 Å². The average Bonchev–Trinajstić information content (AvgIpc) is 3.26. The fourth-order valence-corrected chi connectivity index (χ4v) is 7.35. The molecule has 354 valence electrons. The second-order valence-electron chi connectivity index (χ2n) is 16.5. The quantitative estimate of drug-likeness (QED) is 0.0309. The molecule has 0 aliphatic carbocycles. The van der Waals surface area contributed by atoms with Crippen LogP contribution in [0.5, 0.6) is 0 Å². The first-order chi connectivity index (χ1) is 29.6. The Morgan fingerprint density at radius 3 is 1.67 bits per heavy atom. The Kier molecular flexibility index (Phi) is 31.0. The van der Waals surface area contributed by atoms with Crippen molar-refractivity contribution >= 4 is 5.91 Å². The van der Waals surface area contributed by atoms with E-state index in [0.717, 1.165) is 83.5 Å². The first kappa shape index (κ1) is 55.1. The fraction of sp³-hybridized carbons (Fsp3) is 0.809. The van der Waals surface area contributed by atoms with Gasteiger partial charge in [0.25, 0.3) is 0 Å². The van der Waals surface area contributed by atoms with Crippen molar-refractivity contribution in [3.63, 3.8) is 0 Å². The highest BCUT2D eigenvalue weighted by Gasteiger charge is 2.50. The molecule has 2 heterocycles. The van der Waals surface area contributed by atoms with Crippen molar-refractivity contribution in [2.24, 2.45) is 0 Å². The zero-order valence-corrected chi connectivity index (χ0v) is 37.1. The second-order valence-corrected chi connectivity index (χ2v) is 16.5. The third kappa shape index (κ3) is 22.4. The lowest BCUT2D eigenvalue weighted by atomic mass is 9.97. The topological polar surface area (TPSA) is 228 Å². The van der Waals surface area contributed by atoms with Crippen LogP contribution in [-0.2, 0) is 23.7 Å². The number of amides is 1. The SMILES string of the molecule is CCCCCC/C=C/C(O)C(COC1OC(CO)C(OC2OC(CO)C(O)C(O)C2O)C(O)C1O)NC(=O)CCCCCCCC/C=C\C/C=C\C/C=C\CCCCCCC. The summed E-state index contributed by atoms with van der Waals surface area (Å²) in [5, 5.41) is 86.1. The smallest absolute Gasteiger partial charge is 0.220 e. The molecule has 0 aromatic heterocycles. The highest BCUT2D eigenvalue weighted by atomic mass is 16.7. The minimum absolute atomic E-state index is 0.261. The maximum absolute atomic E-state index is 13.1. The van der Waals surface area contributed by atoms with Gasteiger partial charge in [-0.15, -0.1) is 0 Å². The lowest BCUT2D eigenvalue weighted by molar-refractivity contribution is -0.359. The molecule has 61 heavy (non-hydrogen) atoms. The number of unbranched alkanes of at least 4 members (excludes halogenated alkanes) is 15. The lowest BCUT2D eigenvalue weighted by Crippen LogP contribution is -2.65. The molecule has 2 fully saturated rings. The summed E-state index contributed by atoms with van der Waals surface area (Å²) < 4.78 is 22.5. The number of rotatable bonds is 34. The maximum Gasteiger partial charge on any atom is 0.220 e. The van der Waals surface area contributed by atoms with Crippen LogP contribution >= 0.6 is 0 Å². The summed E-state index contributed by atoms with van der Waals surface area (Å²) in [5.74, 6) is -0.261. The van der Waals surface area contributed by atoms with Gasteiger partial charge in [-0.05, 0) is 57.8 Å². The first-order valence-electron chi connectivity index (χ1n) is 23.4. The molecule has 12 atom stereocenters. The Morgan fingerprint density at radius 2 is 1.08 bits per heavy atom. The predicted octanol–water partition coefficient (Wildman–Crippen LogP) is 4.93. The first-order valence-corrected chi connectivity index (χ1v) is 23.4. The van der Waals surface area contributed by atoms with E-state index in [1.54, 1.807) is 6.08 Å². The number of aliphatic hydroxyl groups excluding tert-OH is 8. The zero-order valence-electron chi connectivity index (χ0n) is 37.1. The normalized spacial score (nSPS) is 28.4. The largest absolute Gasteiger partial charge is 0.394 e. The van der Waals surface area contributed by atoms with E-state index < -0.39 is 86.8 Å². The Balaban J connectivity index is 1.78. The monoisotopic (exact) mass is 870 g/mol. The van der Waals surface area contributed by atoms with Gasteiger partial charge in [0.15, 0.2) is 12.6 Å². The Hall–Kier alpha value is -2.05. The number of aliphatic hydroxyl groups is 8. The number of ether oxygens (including phenoxy) is 4. The second kappa shape index (κ2) is 34.4. The van der Waals surface area contributed by atoms with Crippen molar-refractivity contribution in [3.05, 3.63) is 48.6 Å². The predicted molar refractivity (Wildman–Crippen MR) is 235 cm³/mol. The van der Waals surface area contributed by atoms with Gasteiger partial charge in [0.05, 0.1) is 32.0 Å². The highest BCUT2D eigenvalue weighted by Crippen LogP contribution is 2.30. The molecule has 0 saturated carbocycles. The summed E-state index contributed by atoms with van der Waals surface area (Å²) >= 11 is 0. The summed E-state index contributed by atoms with van der Waals surface area (Å²) in [6.45, 7) is 2.64. The fourth-order valence-electron chi connectivity index (χ4n) is 7.35. The van der Waals surface area contributed by atoms with Gasteiger partial charge in [-0.25, -0.2) is 0 Å². The van der Waals surface area contributed by atoms with Crippen LogP contribution in [0, 0.1) is 0 Å². The Morgan fingerprint density at radius 1 is 0.590 bits per heavy atom. The summed E-state index contributed by atoms with van der Waals surface area (Å²) in [4.78, 5) is 13.1. The van der Waals surface area contributed by atoms with Gasteiger partial charge in [0, 0.05) is 6.42 Å². The summed E-state index contributed by atoms with van der Waals surface area (Å²) in [6.07, 6.45) is 22.0. The van der Waals surface area contributed by atoms with Crippen molar-refractivity contribution in [1.82, 2.24) is 5.32 Å². The molecule has 9 N–H and O–H groups in total. The maximum atomic E-state index is 13.1. The molecule has 0 radical (unpaired) electrons. The van der Waals surface area contributed by atoms with E-state index in [4.69, 9.17) is 18.9 Å². The number of hydrogen-bond acceptors (Lipinski definition) is 13. The van der Waals surface area contributed by atoms with E-state index in [1.165, 1.54) is 38.5 Å². The van der Waals surface area contributed by atoms with E-state index in [2.05, 4.69) is 55.6 Å². The summed E-state index contributed by atoms with van der Waals surface area (Å²) in [6, 6.07) is -0.918. The van der Waals surface area contributed by atoms with Gasteiger partial charge in [-0.2, -0.15) is 0 Å². The van der Waals surface area contributed by atoms with E-state index in [9.17, 15) is 45.6 Å². The van der Waals surface area contributed by atoms with Gasteiger partial charge in [-0.3, -0.25) is 4.79 Å². The van der Waals surface area contributed by atoms with Crippen molar-refractivity contribution in [3.8, 4) is 0 Å². The molecule has 2 aliphatic heterocycles. The van der Waals surface area contributed by atoms with Gasteiger partial charge in [-0.1, -0.05) is 133 Å². The van der Waals surface area contributed by atoms with Crippen LogP contribution in [0.4, 0.5) is 0 Å². The Labute approximate surface area is 365 Å². The van der Waals surface area contributed by atoms with Crippen molar-refractivity contribution in [1.29, 1.82) is 0 Å². The molecule has 0 aromatic carbocycles. The summed E-state index contributed by atoms with van der Waals surface area (Å²) in [7, 11) is 0. The minimum Gasteiger partial charge on any atom is -0.394 e. The van der Waals surface area contributed by atoms with Crippen molar-refractivity contribution in [2.75, 3.05) is 19.8 Å². The molecule has 12 unspecified atom stereocenters. The van der Waals surface area contributed by atoms with E-state index >= 15 is 0 Å².